The van der Waals surface area contributed by atoms with Crippen molar-refractivity contribution in [2.24, 2.45) is 0 Å². The van der Waals surface area contributed by atoms with Gasteiger partial charge in [0.25, 0.3) is 0 Å². The second kappa shape index (κ2) is 15.8. The fourth-order valence-electron chi connectivity index (χ4n) is 9.44. The van der Waals surface area contributed by atoms with Crippen LogP contribution in [0.2, 0.25) is 0 Å². The third kappa shape index (κ3) is 6.94. The van der Waals surface area contributed by atoms with Crippen LogP contribution < -0.4 is 9.80 Å². The lowest BCUT2D eigenvalue weighted by atomic mass is 9.82. The van der Waals surface area contributed by atoms with Crippen LogP contribution >= 0.6 is 0 Å². The molecular formula is C60H45N3. The summed E-state index contributed by atoms with van der Waals surface area (Å²) in [4.78, 5) is 9.86. The van der Waals surface area contributed by atoms with E-state index >= 15 is 0 Å². The maximum Gasteiger partial charge on any atom is 0.137 e. The molecule has 10 aromatic rings. The molecule has 0 bridgehead atoms. The van der Waals surface area contributed by atoms with Gasteiger partial charge in [0.15, 0.2) is 0 Å². The number of pyridine rings is 1. The highest BCUT2D eigenvalue weighted by Crippen LogP contribution is 2.51. The Morgan fingerprint density at radius 1 is 0.349 bits per heavy atom. The van der Waals surface area contributed by atoms with E-state index in [2.05, 4.69) is 254 Å². The highest BCUT2D eigenvalue weighted by molar-refractivity contribution is 5.99. The first-order chi connectivity index (χ1) is 31.0. The Labute approximate surface area is 369 Å². The van der Waals surface area contributed by atoms with Crippen molar-refractivity contribution in [1.29, 1.82) is 0 Å². The van der Waals surface area contributed by atoms with E-state index in [0.717, 1.165) is 45.4 Å². The van der Waals surface area contributed by atoms with Gasteiger partial charge in [0.1, 0.15) is 5.82 Å². The lowest BCUT2D eigenvalue weighted by Gasteiger charge is -2.28. The molecule has 0 fully saturated rings. The van der Waals surface area contributed by atoms with Gasteiger partial charge in [-0.1, -0.05) is 178 Å². The number of aromatic nitrogens is 1. The molecule has 1 aromatic heterocycles. The lowest BCUT2D eigenvalue weighted by molar-refractivity contribution is 0.660. The number of rotatable bonds is 9. The minimum absolute atomic E-state index is 0.122. The number of benzene rings is 9. The fourth-order valence-corrected chi connectivity index (χ4v) is 9.44. The number of hydrogen-bond acceptors (Lipinski definition) is 3. The van der Waals surface area contributed by atoms with Crippen LogP contribution in [0.25, 0.3) is 55.3 Å². The summed E-state index contributed by atoms with van der Waals surface area (Å²) in [6, 6.07) is 82.9. The zero-order chi connectivity index (χ0) is 42.3. The van der Waals surface area contributed by atoms with E-state index in [0.29, 0.717) is 0 Å². The zero-order valence-electron chi connectivity index (χ0n) is 35.4. The number of nitrogens with zero attached hydrogens (tertiary/aromatic N) is 3. The van der Waals surface area contributed by atoms with Crippen molar-refractivity contribution in [2.45, 2.75) is 19.3 Å². The molecule has 0 N–H and O–H groups in total. The van der Waals surface area contributed by atoms with Crippen LogP contribution in [0.15, 0.2) is 237 Å². The lowest BCUT2D eigenvalue weighted by Crippen LogP contribution is -2.17. The van der Waals surface area contributed by atoms with Crippen molar-refractivity contribution in [3.05, 3.63) is 248 Å². The third-order valence-electron chi connectivity index (χ3n) is 12.7. The highest BCUT2D eigenvalue weighted by atomic mass is 15.2. The summed E-state index contributed by atoms with van der Waals surface area (Å²) < 4.78 is 0. The summed E-state index contributed by atoms with van der Waals surface area (Å²) in [5.41, 5.74) is 17.6. The predicted molar refractivity (Wildman–Crippen MR) is 265 cm³/mol. The van der Waals surface area contributed by atoms with Crippen LogP contribution in [0, 0.1) is 0 Å². The Morgan fingerprint density at radius 2 is 0.825 bits per heavy atom. The minimum atomic E-state index is -0.122. The molecule has 63 heavy (non-hydrogen) atoms. The van der Waals surface area contributed by atoms with E-state index < -0.39 is 0 Å². The van der Waals surface area contributed by atoms with Crippen LogP contribution in [0.3, 0.4) is 0 Å². The molecule has 3 nitrogen and oxygen atoms in total. The molecule has 0 atom stereocenters. The molecule has 1 aliphatic rings. The van der Waals surface area contributed by atoms with Crippen molar-refractivity contribution in [3.63, 3.8) is 0 Å². The van der Waals surface area contributed by atoms with Gasteiger partial charge in [-0.05, 0) is 122 Å². The second-order valence-corrected chi connectivity index (χ2v) is 16.8. The van der Waals surface area contributed by atoms with Crippen molar-refractivity contribution >= 4 is 45.0 Å². The van der Waals surface area contributed by atoms with E-state index in [9.17, 15) is 0 Å². The van der Waals surface area contributed by atoms with Crippen LogP contribution in [0.5, 0.6) is 0 Å². The SMILES string of the molecule is CC1(C)c2ccccc2-c2ccc(N(c3ccc(-c4ccc(N(c5ccc(-c6ccccc6)cc5)c5ccc(-c6ccccc6)cc5)cc4)cn3)c3cccc4ccccc34)cc21. The molecule has 1 heterocycles. The first-order valence-corrected chi connectivity index (χ1v) is 21.7. The van der Waals surface area contributed by atoms with Gasteiger partial charge in [0, 0.05) is 45.3 Å². The van der Waals surface area contributed by atoms with Crippen molar-refractivity contribution in [3.8, 4) is 44.5 Å². The van der Waals surface area contributed by atoms with E-state index in [1.165, 1.54) is 55.3 Å². The van der Waals surface area contributed by atoms with Gasteiger partial charge in [-0.15, -0.1) is 0 Å². The van der Waals surface area contributed by atoms with Gasteiger partial charge in [0.2, 0.25) is 0 Å². The van der Waals surface area contributed by atoms with Gasteiger partial charge in [0.05, 0.1) is 5.69 Å². The molecule has 300 valence electrons. The zero-order valence-corrected chi connectivity index (χ0v) is 35.4. The normalized spacial score (nSPS) is 12.4. The number of hydrogen-bond donors (Lipinski definition) is 0. The summed E-state index contributed by atoms with van der Waals surface area (Å²) in [6.45, 7) is 4.68. The minimum Gasteiger partial charge on any atom is -0.311 e. The average molecular weight is 808 g/mol. The van der Waals surface area contributed by atoms with Crippen LogP contribution in [-0.2, 0) is 5.41 Å². The quantitative estimate of drug-likeness (QED) is 0.145. The predicted octanol–water partition coefficient (Wildman–Crippen LogP) is 16.5. The van der Waals surface area contributed by atoms with Gasteiger partial charge < -0.3 is 4.90 Å². The Morgan fingerprint density at radius 3 is 1.43 bits per heavy atom. The molecule has 1 aliphatic carbocycles. The number of fused-ring (bicyclic) bond motifs is 4. The largest absolute Gasteiger partial charge is 0.311 e. The first kappa shape index (κ1) is 38.0. The molecule has 9 aromatic carbocycles. The molecule has 0 spiro atoms. The van der Waals surface area contributed by atoms with Crippen molar-refractivity contribution in [1.82, 2.24) is 4.98 Å². The summed E-state index contributed by atoms with van der Waals surface area (Å²) in [5, 5.41) is 2.37. The fraction of sp³-hybridized carbons (Fsp3) is 0.0500. The Bertz CT molecular complexity index is 3120. The summed E-state index contributed by atoms with van der Waals surface area (Å²) in [7, 11) is 0. The average Bonchev–Trinajstić information content (AvgIpc) is 3.58. The van der Waals surface area contributed by atoms with Crippen LogP contribution in [0.1, 0.15) is 25.0 Å². The van der Waals surface area contributed by atoms with Gasteiger partial charge in [-0.2, -0.15) is 0 Å². The molecular weight excluding hydrogens is 763 g/mol. The van der Waals surface area contributed by atoms with Crippen LogP contribution in [-0.4, -0.2) is 4.98 Å². The van der Waals surface area contributed by atoms with Gasteiger partial charge >= 0.3 is 0 Å². The second-order valence-electron chi connectivity index (χ2n) is 16.8. The molecule has 0 saturated heterocycles. The Hall–Kier alpha value is -8.01. The van der Waals surface area contributed by atoms with E-state index in [-0.39, 0.29) is 5.41 Å². The van der Waals surface area contributed by atoms with E-state index in [1.54, 1.807) is 0 Å². The Kier molecular flexibility index (Phi) is 9.51. The van der Waals surface area contributed by atoms with Gasteiger partial charge in [-0.3, -0.25) is 4.90 Å². The third-order valence-corrected chi connectivity index (χ3v) is 12.7. The number of anilines is 6. The van der Waals surface area contributed by atoms with Crippen molar-refractivity contribution < 1.29 is 0 Å². The molecule has 0 saturated carbocycles. The Balaban J connectivity index is 0.945. The van der Waals surface area contributed by atoms with E-state index in [4.69, 9.17) is 4.98 Å². The van der Waals surface area contributed by atoms with Gasteiger partial charge in [-0.25, -0.2) is 4.98 Å². The summed E-state index contributed by atoms with van der Waals surface area (Å²) in [5.74, 6) is 0.865. The molecule has 0 radical (unpaired) electrons. The van der Waals surface area contributed by atoms with Crippen LogP contribution in [0.4, 0.5) is 34.3 Å². The monoisotopic (exact) mass is 807 g/mol. The maximum absolute atomic E-state index is 5.22. The molecule has 11 rings (SSSR count). The summed E-state index contributed by atoms with van der Waals surface area (Å²) in [6.07, 6.45) is 2.01. The first-order valence-electron chi connectivity index (χ1n) is 21.7. The molecule has 0 unspecified atom stereocenters. The highest BCUT2D eigenvalue weighted by Gasteiger charge is 2.36. The topological polar surface area (TPSA) is 19.4 Å². The standard InChI is InChI=1S/C60H45N3/c1-60(2)56-22-12-11-21-54(56)55-38-37-52(40-57(55)60)63(58-23-13-19-47-18-9-10-20-53(47)58)59-39-30-48(41-61-59)46-28-35-51(36-29-46)62(49-31-24-44(25-32-49)42-14-5-3-6-15-42)50-33-26-45(27-34-50)43-16-7-4-8-17-43/h3-41H,1-2H3. The maximum atomic E-state index is 5.22. The van der Waals surface area contributed by atoms with Crippen molar-refractivity contribution in [2.75, 3.05) is 9.80 Å². The molecule has 3 heteroatoms. The molecule has 0 amide bonds. The smallest absolute Gasteiger partial charge is 0.137 e. The molecule has 0 aliphatic heterocycles. The summed E-state index contributed by atoms with van der Waals surface area (Å²) >= 11 is 0. The van der Waals surface area contributed by atoms with E-state index in [1.807, 2.05) is 6.20 Å².